The molecule has 3 aromatic rings. The maximum Gasteiger partial charge on any atom is 0.245 e. The molecule has 144 valence electrons. The van der Waals surface area contributed by atoms with Crippen LogP contribution < -0.4 is 4.74 Å². The number of fused-ring (bicyclic) bond motifs is 1. The Hall–Kier alpha value is -3.49. The monoisotopic (exact) mass is 383 g/mol. The van der Waals surface area contributed by atoms with E-state index >= 15 is 0 Å². The number of H-pyrrole nitrogens is 1. The van der Waals surface area contributed by atoms with Gasteiger partial charge in [0.2, 0.25) is 11.8 Å². The molecule has 3 heterocycles. The lowest BCUT2D eigenvalue weighted by atomic mass is 9.83. The Morgan fingerprint density at radius 3 is 2.96 bits per heavy atom. The zero-order valence-electron chi connectivity index (χ0n) is 15.1. The van der Waals surface area contributed by atoms with Gasteiger partial charge in [-0.25, -0.2) is 9.37 Å². The fraction of sp³-hybridized carbons (Fsp3) is 0.263. The van der Waals surface area contributed by atoms with Crippen LogP contribution in [0.25, 0.3) is 22.4 Å². The molecule has 8 nitrogen and oxygen atoms in total. The van der Waals surface area contributed by atoms with Crippen molar-refractivity contribution in [1.29, 1.82) is 0 Å². The van der Waals surface area contributed by atoms with Gasteiger partial charge in [-0.3, -0.25) is 9.89 Å². The number of aromatic amines is 1. The number of likely N-dealkylation sites (tertiary alicyclic amines) is 1. The van der Waals surface area contributed by atoms with Crippen molar-refractivity contribution in [2.45, 2.75) is 6.92 Å². The molecule has 1 amide bonds. The highest BCUT2D eigenvalue weighted by Gasteiger charge is 2.41. The molecule has 1 aromatic carbocycles. The van der Waals surface area contributed by atoms with Gasteiger partial charge in [0.25, 0.3) is 0 Å². The van der Waals surface area contributed by atoms with Crippen LogP contribution in [0.3, 0.4) is 0 Å². The molecule has 2 N–H and O–H groups in total. The molecule has 0 bridgehead atoms. The molecule has 0 aliphatic carbocycles. The minimum Gasteiger partial charge on any atom is -0.505 e. The van der Waals surface area contributed by atoms with Gasteiger partial charge in [-0.05, 0) is 24.3 Å². The van der Waals surface area contributed by atoms with Gasteiger partial charge >= 0.3 is 0 Å². The number of nitrogens with one attached hydrogen (secondary N) is 1. The lowest BCUT2D eigenvalue weighted by Gasteiger charge is -2.47. The number of ether oxygens (including phenoxy) is 1. The number of nitrogens with zero attached hydrogens (tertiary/aromatic N) is 4. The first-order valence-electron chi connectivity index (χ1n) is 8.63. The normalized spacial score (nSPS) is 15.3. The molecule has 9 heteroatoms. The van der Waals surface area contributed by atoms with Crippen LogP contribution in [-0.4, -0.2) is 55.8 Å². The van der Waals surface area contributed by atoms with E-state index in [9.17, 15) is 14.3 Å². The summed E-state index contributed by atoms with van der Waals surface area (Å²) in [6, 6.07) is 3.92. The predicted octanol–water partition coefficient (Wildman–Crippen LogP) is 2.28. The van der Waals surface area contributed by atoms with Gasteiger partial charge in [0.15, 0.2) is 23.0 Å². The summed E-state index contributed by atoms with van der Waals surface area (Å²) in [6.07, 6.45) is 2.85. The maximum atomic E-state index is 13.7. The number of aromatic hydroxyl groups is 1. The molecule has 1 aliphatic rings. The SMILES string of the molecule is C=CC(=O)N1CC(C)(COc2nc(-c3ccc(O)c(F)c3)nc3[nH]ncc23)C1. The first kappa shape index (κ1) is 17.9. The lowest BCUT2D eigenvalue weighted by Crippen LogP contribution is -2.59. The largest absolute Gasteiger partial charge is 0.505 e. The third kappa shape index (κ3) is 3.15. The summed E-state index contributed by atoms with van der Waals surface area (Å²) in [4.78, 5) is 22.1. The smallest absolute Gasteiger partial charge is 0.245 e. The van der Waals surface area contributed by atoms with Crippen molar-refractivity contribution in [3.63, 3.8) is 0 Å². The summed E-state index contributed by atoms with van der Waals surface area (Å²) in [5, 5.41) is 16.7. The van der Waals surface area contributed by atoms with E-state index in [0.29, 0.717) is 42.2 Å². The summed E-state index contributed by atoms with van der Waals surface area (Å²) < 4.78 is 19.7. The average molecular weight is 383 g/mol. The van der Waals surface area contributed by atoms with Crippen LogP contribution in [0.4, 0.5) is 4.39 Å². The Balaban J connectivity index is 1.59. The van der Waals surface area contributed by atoms with E-state index in [0.717, 1.165) is 6.07 Å². The summed E-state index contributed by atoms with van der Waals surface area (Å²) in [6.45, 7) is 6.98. The van der Waals surface area contributed by atoms with Crippen LogP contribution in [0.1, 0.15) is 6.92 Å². The molecule has 0 atom stereocenters. The van der Waals surface area contributed by atoms with Crippen LogP contribution in [0.2, 0.25) is 0 Å². The minimum atomic E-state index is -0.762. The number of carbonyl (C=O) groups excluding carboxylic acids is 1. The number of amides is 1. The standard InChI is InChI=1S/C19H18FN5O3/c1-3-15(27)25-8-19(2,9-25)10-28-18-12-7-21-24-17(12)22-16(23-18)11-4-5-14(26)13(20)6-11/h3-7,26H,1,8-10H2,2H3,(H,21,22,23,24). The number of hydrogen-bond donors (Lipinski definition) is 2. The topological polar surface area (TPSA) is 104 Å². The molecule has 1 aliphatic heterocycles. The van der Waals surface area contributed by atoms with Gasteiger partial charge in [0.05, 0.1) is 12.8 Å². The van der Waals surface area contributed by atoms with Gasteiger partial charge in [0, 0.05) is 24.1 Å². The molecule has 1 fully saturated rings. The molecule has 0 unspecified atom stereocenters. The van der Waals surface area contributed by atoms with Crippen molar-refractivity contribution < 1.29 is 19.0 Å². The Labute approximate surface area is 159 Å². The first-order chi connectivity index (χ1) is 13.4. The Morgan fingerprint density at radius 1 is 1.46 bits per heavy atom. The fourth-order valence-electron chi connectivity index (χ4n) is 3.19. The van der Waals surface area contributed by atoms with E-state index in [-0.39, 0.29) is 17.1 Å². The number of aromatic nitrogens is 4. The third-order valence-corrected chi connectivity index (χ3v) is 4.67. The van der Waals surface area contributed by atoms with Crippen LogP contribution >= 0.6 is 0 Å². The molecule has 1 saturated heterocycles. The maximum absolute atomic E-state index is 13.7. The summed E-state index contributed by atoms with van der Waals surface area (Å²) >= 11 is 0. The minimum absolute atomic E-state index is 0.103. The Bertz CT molecular complexity index is 1070. The van der Waals surface area contributed by atoms with E-state index in [4.69, 9.17) is 4.74 Å². The number of hydrogen-bond acceptors (Lipinski definition) is 6. The second kappa shape index (κ2) is 6.59. The number of rotatable bonds is 5. The first-order valence-corrected chi connectivity index (χ1v) is 8.63. The molecular formula is C19H18FN5O3. The number of phenolic OH excluding ortho intramolecular Hbond substituents is 1. The quantitative estimate of drug-likeness (QED) is 0.655. The van der Waals surface area contributed by atoms with E-state index in [1.807, 2.05) is 6.92 Å². The zero-order valence-corrected chi connectivity index (χ0v) is 15.1. The molecule has 4 rings (SSSR count). The predicted molar refractivity (Wildman–Crippen MR) is 99.1 cm³/mol. The van der Waals surface area contributed by atoms with E-state index in [2.05, 4.69) is 26.7 Å². The van der Waals surface area contributed by atoms with Crippen LogP contribution in [0.5, 0.6) is 11.6 Å². The van der Waals surface area contributed by atoms with Crippen LogP contribution in [0.15, 0.2) is 37.1 Å². The van der Waals surface area contributed by atoms with Crippen molar-refractivity contribution in [2.24, 2.45) is 5.41 Å². The molecule has 0 radical (unpaired) electrons. The number of benzene rings is 1. The molecule has 0 saturated carbocycles. The Morgan fingerprint density at radius 2 is 2.25 bits per heavy atom. The van der Waals surface area contributed by atoms with E-state index in [1.54, 1.807) is 11.1 Å². The lowest BCUT2D eigenvalue weighted by molar-refractivity contribution is -0.138. The third-order valence-electron chi connectivity index (χ3n) is 4.67. The second-order valence-electron chi connectivity index (χ2n) is 7.15. The van der Waals surface area contributed by atoms with Gasteiger partial charge in [0.1, 0.15) is 5.39 Å². The summed E-state index contributed by atoms with van der Waals surface area (Å²) in [5.74, 6) is -0.750. The highest BCUT2D eigenvalue weighted by atomic mass is 19.1. The second-order valence-corrected chi connectivity index (χ2v) is 7.15. The fourth-order valence-corrected chi connectivity index (χ4v) is 3.19. The summed E-state index contributed by atoms with van der Waals surface area (Å²) in [5.41, 5.74) is 0.648. The van der Waals surface area contributed by atoms with Crippen molar-refractivity contribution in [2.75, 3.05) is 19.7 Å². The highest BCUT2D eigenvalue weighted by Crippen LogP contribution is 2.33. The van der Waals surface area contributed by atoms with Gasteiger partial charge < -0.3 is 14.7 Å². The highest BCUT2D eigenvalue weighted by molar-refractivity contribution is 5.87. The average Bonchev–Trinajstić information content (AvgIpc) is 3.14. The molecular weight excluding hydrogens is 365 g/mol. The summed E-state index contributed by atoms with van der Waals surface area (Å²) in [7, 11) is 0. The number of carbonyl (C=O) groups is 1. The van der Waals surface area contributed by atoms with Gasteiger partial charge in [-0.15, -0.1) is 0 Å². The number of phenols is 1. The van der Waals surface area contributed by atoms with Crippen LogP contribution in [0, 0.1) is 11.2 Å². The van der Waals surface area contributed by atoms with Gasteiger partial charge in [-0.2, -0.15) is 10.1 Å². The van der Waals surface area contributed by atoms with Gasteiger partial charge in [-0.1, -0.05) is 13.5 Å². The Kier molecular flexibility index (Phi) is 4.21. The van der Waals surface area contributed by atoms with E-state index < -0.39 is 11.6 Å². The zero-order chi connectivity index (χ0) is 19.9. The van der Waals surface area contributed by atoms with Crippen molar-refractivity contribution in [1.82, 2.24) is 25.1 Å². The molecule has 28 heavy (non-hydrogen) atoms. The van der Waals surface area contributed by atoms with E-state index in [1.165, 1.54) is 18.2 Å². The molecule has 2 aromatic heterocycles. The van der Waals surface area contributed by atoms with Crippen molar-refractivity contribution in [3.8, 4) is 23.0 Å². The van der Waals surface area contributed by atoms with Crippen molar-refractivity contribution >= 4 is 16.9 Å². The van der Waals surface area contributed by atoms with Crippen LogP contribution in [-0.2, 0) is 4.79 Å². The van der Waals surface area contributed by atoms with Crippen molar-refractivity contribution in [3.05, 3.63) is 42.9 Å². The molecule has 0 spiro atoms. The number of halogens is 1.